The smallest absolute Gasteiger partial charge is 0.221 e. The molecule has 3 N–H and O–H groups in total. The molecule has 0 aliphatic heterocycles. The first-order chi connectivity index (χ1) is 12.9. The summed E-state index contributed by atoms with van der Waals surface area (Å²) in [5, 5.41) is 6.86. The van der Waals surface area contributed by atoms with E-state index in [0.29, 0.717) is 22.7 Å². The highest BCUT2D eigenvalue weighted by molar-refractivity contribution is 6.12. The minimum absolute atomic E-state index is 0.0167. The average molecular weight is 365 g/mol. The van der Waals surface area contributed by atoms with Crippen LogP contribution in [0.5, 0.6) is 5.75 Å². The Balaban J connectivity index is 1.90. The number of carbonyl (C=O) groups excluding carboxylic acids is 2. The van der Waals surface area contributed by atoms with Gasteiger partial charge in [0.15, 0.2) is 5.78 Å². The first kappa shape index (κ1) is 18.5. The molecule has 0 saturated carbocycles. The van der Waals surface area contributed by atoms with Crippen molar-refractivity contribution in [3.8, 4) is 5.75 Å². The summed E-state index contributed by atoms with van der Waals surface area (Å²) in [5.74, 6) is 0.418. The van der Waals surface area contributed by atoms with Crippen molar-refractivity contribution in [2.75, 3.05) is 17.7 Å². The molecule has 1 atom stereocenters. The number of Topliss-reactive ketones (excluding diaryl/α,β-unsaturated/α-hetero) is 1. The molecule has 1 amide bonds. The molecule has 140 valence electrons. The molecule has 1 heterocycles. The topological polar surface area (TPSA) is 83.2 Å². The second-order valence-corrected chi connectivity index (χ2v) is 6.50. The highest BCUT2D eigenvalue weighted by Gasteiger charge is 2.22. The van der Waals surface area contributed by atoms with Crippen molar-refractivity contribution in [3.05, 3.63) is 53.7 Å². The molecule has 0 saturated heterocycles. The number of hydrogen-bond acceptors (Lipinski definition) is 4. The molecule has 27 heavy (non-hydrogen) atoms. The number of hydrogen-bond donors (Lipinski definition) is 3. The third-order valence-electron chi connectivity index (χ3n) is 4.43. The Labute approximate surface area is 157 Å². The van der Waals surface area contributed by atoms with Crippen molar-refractivity contribution < 1.29 is 14.3 Å². The van der Waals surface area contributed by atoms with Gasteiger partial charge in [-0.1, -0.05) is 18.2 Å². The number of aryl methyl sites for hydroxylation is 1. The third-order valence-corrected chi connectivity index (χ3v) is 4.43. The fourth-order valence-electron chi connectivity index (χ4n) is 3.21. The number of rotatable bonds is 6. The van der Waals surface area contributed by atoms with E-state index in [1.54, 1.807) is 25.3 Å². The Kier molecular flexibility index (Phi) is 5.16. The van der Waals surface area contributed by atoms with Gasteiger partial charge in [-0.05, 0) is 38.1 Å². The first-order valence-electron chi connectivity index (χ1n) is 8.74. The molecule has 0 aliphatic rings. The summed E-state index contributed by atoms with van der Waals surface area (Å²) in [6.07, 6.45) is 0. The number of carbonyl (C=O) groups is 2. The van der Waals surface area contributed by atoms with Gasteiger partial charge in [0.1, 0.15) is 5.75 Å². The zero-order valence-corrected chi connectivity index (χ0v) is 15.8. The first-order valence-corrected chi connectivity index (χ1v) is 8.74. The van der Waals surface area contributed by atoms with Crippen LogP contribution in [-0.2, 0) is 4.79 Å². The number of benzene rings is 2. The van der Waals surface area contributed by atoms with Crippen LogP contribution in [0.3, 0.4) is 0 Å². The molecule has 3 rings (SSSR count). The van der Waals surface area contributed by atoms with E-state index in [9.17, 15) is 9.59 Å². The van der Waals surface area contributed by atoms with Crippen molar-refractivity contribution in [1.82, 2.24) is 4.98 Å². The SMILES string of the molecule is COc1ccc(NC(C)=O)cc1N[C@@H](C)C(=O)c1c(C)[nH]c2ccccc12. The van der Waals surface area contributed by atoms with E-state index in [1.165, 1.54) is 6.92 Å². The number of nitrogens with one attached hydrogen (secondary N) is 3. The van der Waals surface area contributed by atoms with E-state index in [-0.39, 0.29) is 11.7 Å². The minimum atomic E-state index is -0.482. The van der Waals surface area contributed by atoms with Crippen molar-refractivity contribution >= 4 is 34.0 Å². The normalized spacial score (nSPS) is 11.9. The molecule has 0 bridgehead atoms. The number of anilines is 2. The zero-order valence-electron chi connectivity index (χ0n) is 15.8. The van der Waals surface area contributed by atoms with Gasteiger partial charge in [-0.2, -0.15) is 0 Å². The lowest BCUT2D eigenvalue weighted by Crippen LogP contribution is -2.27. The van der Waals surface area contributed by atoms with E-state index in [4.69, 9.17) is 4.74 Å². The Morgan fingerprint density at radius 1 is 1.15 bits per heavy atom. The number of H-pyrrole nitrogens is 1. The molecular weight excluding hydrogens is 342 g/mol. The molecule has 6 nitrogen and oxygen atoms in total. The second kappa shape index (κ2) is 7.53. The van der Waals surface area contributed by atoms with E-state index in [2.05, 4.69) is 15.6 Å². The number of ether oxygens (including phenoxy) is 1. The van der Waals surface area contributed by atoms with E-state index < -0.39 is 6.04 Å². The van der Waals surface area contributed by atoms with Crippen molar-refractivity contribution in [2.45, 2.75) is 26.8 Å². The summed E-state index contributed by atoms with van der Waals surface area (Å²) in [6.45, 7) is 5.16. The second-order valence-electron chi connectivity index (χ2n) is 6.50. The lowest BCUT2D eigenvalue weighted by molar-refractivity contribution is -0.114. The summed E-state index contributed by atoms with van der Waals surface area (Å²) >= 11 is 0. The van der Waals surface area contributed by atoms with E-state index in [1.807, 2.05) is 38.1 Å². The maximum absolute atomic E-state index is 13.1. The lowest BCUT2D eigenvalue weighted by Gasteiger charge is -2.18. The molecule has 0 unspecified atom stereocenters. The van der Waals surface area contributed by atoms with Gasteiger partial charge in [0.05, 0.1) is 18.8 Å². The van der Waals surface area contributed by atoms with Gasteiger partial charge in [0.2, 0.25) is 5.91 Å². The Hall–Kier alpha value is -3.28. The maximum Gasteiger partial charge on any atom is 0.221 e. The number of methoxy groups -OCH3 is 1. The zero-order chi connectivity index (χ0) is 19.6. The molecular formula is C21H23N3O3. The highest BCUT2D eigenvalue weighted by atomic mass is 16.5. The largest absolute Gasteiger partial charge is 0.495 e. The molecule has 0 aliphatic carbocycles. The van der Waals surface area contributed by atoms with Crippen LogP contribution in [-0.4, -0.2) is 29.8 Å². The molecule has 3 aromatic rings. The van der Waals surface area contributed by atoms with E-state index in [0.717, 1.165) is 16.6 Å². The standard InChI is InChI=1S/C21H23N3O3/c1-12-20(16-7-5-6-8-17(16)22-12)21(26)13(2)23-18-11-15(24-14(3)25)9-10-19(18)27-4/h5-11,13,22-23H,1-4H3,(H,24,25)/t13-/m0/s1. The molecule has 6 heteroatoms. The molecule has 2 aromatic carbocycles. The predicted molar refractivity (Wildman–Crippen MR) is 108 cm³/mol. The van der Waals surface area contributed by atoms with Crippen LogP contribution in [0.25, 0.3) is 10.9 Å². The summed E-state index contributed by atoms with van der Waals surface area (Å²) in [5.41, 5.74) is 3.74. The van der Waals surface area contributed by atoms with Crippen LogP contribution in [0, 0.1) is 6.92 Å². The molecule has 0 spiro atoms. The fraction of sp³-hybridized carbons (Fsp3) is 0.238. The Morgan fingerprint density at radius 2 is 1.89 bits per heavy atom. The van der Waals surface area contributed by atoms with Gasteiger partial charge in [0.25, 0.3) is 0 Å². The lowest BCUT2D eigenvalue weighted by atomic mass is 10.0. The van der Waals surface area contributed by atoms with Crippen LogP contribution in [0.1, 0.15) is 29.9 Å². The number of aromatic amines is 1. The number of fused-ring (bicyclic) bond motifs is 1. The van der Waals surface area contributed by atoms with Gasteiger partial charge in [-0.3, -0.25) is 9.59 Å². The highest BCUT2D eigenvalue weighted by Crippen LogP contribution is 2.30. The maximum atomic E-state index is 13.1. The minimum Gasteiger partial charge on any atom is -0.495 e. The van der Waals surface area contributed by atoms with Crippen molar-refractivity contribution in [1.29, 1.82) is 0 Å². The van der Waals surface area contributed by atoms with Gasteiger partial charge in [-0.25, -0.2) is 0 Å². The van der Waals surface area contributed by atoms with Gasteiger partial charge in [-0.15, -0.1) is 0 Å². The summed E-state index contributed by atoms with van der Waals surface area (Å²) < 4.78 is 5.38. The van der Waals surface area contributed by atoms with Crippen LogP contribution < -0.4 is 15.4 Å². The van der Waals surface area contributed by atoms with Crippen LogP contribution in [0.2, 0.25) is 0 Å². The average Bonchev–Trinajstić information content (AvgIpc) is 2.96. The summed E-state index contributed by atoms with van der Waals surface area (Å²) in [6, 6.07) is 12.5. The third kappa shape index (κ3) is 3.79. The predicted octanol–water partition coefficient (Wildman–Crippen LogP) is 4.13. The van der Waals surface area contributed by atoms with Crippen molar-refractivity contribution in [2.24, 2.45) is 0 Å². The van der Waals surface area contributed by atoms with Crippen LogP contribution >= 0.6 is 0 Å². The van der Waals surface area contributed by atoms with E-state index >= 15 is 0 Å². The van der Waals surface area contributed by atoms with Gasteiger partial charge < -0.3 is 20.4 Å². The number of aromatic nitrogens is 1. The summed E-state index contributed by atoms with van der Waals surface area (Å²) in [4.78, 5) is 27.7. The van der Waals surface area contributed by atoms with Crippen LogP contribution in [0.4, 0.5) is 11.4 Å². The number of amides is 1. The van der Waals surface area contributed by atoms with Gasteiger partial charge >= 0.3 is 0 Å². The molecule has 0 radical (unpaired) electrons. The Morgan fingerprint density at radius 3 is 2.59 bits per heavy atom. The van der Waals surface area contributed by atoms with Gasteiger partial charge in [0, 0.05) is 34.8 Å². The quantitative estimate of drug-likeness (QED) is 0.574. The molecule has 0 fully saturated rings. The monoisotopic (exact) mass is 365 g/mol. The fourth-order valence-corrected chi connectivity index (χ4v) is 3.21. The number of ketones is 1. The molecule has 1 aromatic heterocycles. The Bertz CT molecular complexity index is 1010. The number of para-hydroxylation sites is 1. The van der Waals surface area contributed by atoms with Crippen molar-refractivity contribution in [3.63, 3.8) is 0 Å². The summed E-state index contributed by atoms with van der Waals surface area (Å²) in [7, 11) is 1.56. The van der Waals surface area contributed by atoms with Crippen LogP contribution in [0.15, 0.2) is 42.5 Å².